The van der Waals surface area contributed by atoms with E-state index in [2.05, 4.69) is 44.6 Å². The molecular formula is C30H46N6. The molecule has 36 heavy (non-hydrogen) atoms. The van der Waals surface area contributed by atoms with Crippen molar-refractivity contribution in [2.45, 2.75) is 104 Å². The topological polar surface area (TPSA) is 88.8 Å². The van der Waals surface area contributed by atoms with Gasteiger partial charge in [-0.1, -0.05) is 109 Å². The van der Waals surface area contributed by atoms with Crippen LogP contribution in [-0.2, 0) is 0 Å². The highest BCUT2D eigenvalue weighted by atomic mass is 15.1. The molecule has 0 aliphatic rings. The minimum Gasteiger partial charge on any atom is -0.393 e. The van der Waals surface area contributed by atoms with Crippen LogP contribution >= 0.6 is 0 Å². The molecule has 0 atom stereocenters. The van der Waals surface area contributed by atoms with E-state index in [1.165, 1.54) is 83.5 Å². The number of anilines is 4. The summed E-state index contributed by atoms with van der Waals surface area (Å²) in [4.78, 5) is 13.4. The van der Waals surface area contributed by atoms with E-state index in [4.69, 9.17) is 5.73 Å². The molecule has 0 saturated heterocycles. The minimum absolute atomic E-state index is 0.535. The molecule has 0 spiro atoms. The molecule has 3 rings (SSSR count). The molecule has 6 nitrogen and oxygen atoms in total. The van der Waals surface area contributed by atoms with Gasteiger partial charge in [-0.3, -0.25) is 4.98 Å². The first-order chi connectivity index (χ1) is 17.7. The summed E-state index contributed by atoms with van der Waals surface area (Å²) in [6.07, 6.45) is 20.6. The van der Waals surface area contributed by atoms with E-state index in [0.29, 0.717) is 17.3 Å². The summed E-state index contributed by atoms with van der Waals surface area (Å²) >= 11 is 0. The average Bonchev–Trinajstić information content (AvgIpc) is 2.88. The Balaban J connectivity index is 1.31. The second kappa shape index (κ2) is 16.0. The maximum Gasteiger partial charge on any atom is 0.159 e. The number of pyridine rings is 1. The van der Waals surface area contributed by atoms with Gasteiger partial charge in [-0.2, -0.15) is 0 Å². The van der Waals surface area contributed by atoms with Crippen LogP contribution in [-0.4, -0.2) is 21.5 Å². The molecule has 196 valence electrons. The van der Waals surface area contributed by atoms with Gasteiger partial charge in [0.1, 0.15) is 12.0 Å². The van der Waals surface area contributed by atoms with Gasteiger partial charge in [0.2, 0.25) is 0 Å². The Kier molecular flexibility index (Phi) is 12.3. The predicted molar refractivity (Wildman–Crippen MR) is 155 cm³/mol. The molecular weight excluding hydrogens is 444 g/mol. The number of rotatable bonds is 18. The Bertz CT molecular complexity index is 1040. The van der Waals surface area contributed by atoms with Gasteiger partial charge < -0.3 is 16.4 Å². The van der Waals surface area contributed by atoms with E-state index < -0.39 is 0 Å². The second-order valence-corrected chi connectivity index (χ2v) is 9.96. The maximum absolute atomic E-state index is 6.40. The molecule has 0 saturated carbocycles. The fourth-order valence-corrected chi connectivity index (χ4v) is 4.64. The molecule has 0 aliphatic heterocycles. The number of hydrogen-bond donors (Lipinski definition) is 3. The summed E-state index contributed by atoms with van der Waals surface area (Å²) in [5.74, 6) is 1.29. The second-order valence-electron chi connectivity index (χ2n) is 9.96. The summed E-state index contributed by atoms with van der Waals surface area (Å²) in [6.45, 7) is 5.15. The Morgan fingerprint density at radius 2 is 1.33 bits per heavy atom. The third-order valence-electron chi connectivity index (χ3n) is 6.82. The fourth-order valence-electron chi connectivity index (χ4n) is 4.64. The molecule has 0 fully saturated rings. The van der Waals surface area contributed by atoms with Crippen LogP contribution in [0.25, 0.3) is 10.9 Å². The predicted octanol–water partition coefficient (Wildman–Crippen LogP) is 8.55. The number of hydrogen-bond acceptors (Lipinski definition) is 6. The number of unbranched alkanes of at least 4 members (excludes halogenated alkanes) is 13. The number of para-hydroxylation sites is 1. The molecule has 2 heterocycles. The minimum atomic E-state index is 0.535. The first-order valence-corrected chi connectivity index (χ1v) is 14.2. The molecule has 0 radical (unpaired) electrons. The van der Waals surface area contributed by atoms with Crippen LogP contribution in [0.3, 0.4) is 0 Å². The Labute approximate surface area is 217 Å². The largest absolute Gasteiger partial charge is 0.393 e. The molecule has 0 bridgehead atoms. The van der Waals surface area contributed by atoms with Crippen LogP contribution in [0.4, 0.5) is 23.0 Å². The number of nitrogens with two attached hydrogens (primary N) is 1. The van der Waals surface area contributed by atoms with Crippen molar-refractivity contribution in [3.05, 3.63) is 42.4 Å². The van der Waals surface area contributed by atoms with Crippen molar-refractivity contribution in [3.8, 4) is 0 Å². The van der Waals surface area contributed by atoms with Gasteiger partial charge in [0, 0.05) is 17.6 Å². The van der Waals surface area contributed by atoms with Gasteiger partial charge in [0.05, 0.1) is 11.2 Å². The summed E-state index contributed by atoms with van der Waals surface area (Å²) in [6, 6.07) is 10.2. The lowest BCUT2D eigenvalue weighted by molar-refractivity contribution is 0.537. The van der Waals surface area contributed by atoms with Crippen molar-refractivity contribution in [1.29, 1.82) is 0 Å². The van der Waals surface area contributed by atoms with E-state index in [-0.39, 0.29) is 0 Å². The van der Waals surface area contributed by atoms with E-state index in [0.717, 1.165) is 35.2 Å². The normalized spacial score (nSPS) is 11.2. The lowest BCUT2D eigenvalue weighted by atomic mass is 10.0. The van der Waals surface area contributed by atoms with Crippen molar-refractivity contribution >= 4 is 33.9 Å². The van der Waals surface area contributed by atoms with Crippen LogP contribution in [0, 0.1) is 6.92 Å². The number of aryl methyl sites for hydroxylation is 1. The van der Waals surface area contributed by atoms with Crippen molar-refractivity contribution in [1.82, 2.24) is 15.0 Å². The summed E-state index contributed by atoms with van der Waals surface area (Å²) in [5, 5.41) is 7.83. The van der Waals surface area contributed by atoms with Crippen LogP contribution < -0.4 is 16.4 Å². The lowest BCUT2D eigenvalue weighted by Gasteiger charge is -2.13. The molecule has 3 aromatic rings. The van der Waals surface area contributed by atoms with Gasteiger partial charge in [0.25, 0.3) is 0 Å². The van der Waals surface area contributed by atoms with Gasteiger partial charge in [-0.05, 0) is 25.5 Å². The van der Waals surface area contributed by atoms with Crippen molar-refractivity contribution in [3.63, 3.8) is 0 Å². The Morgan fingerprint density at radius 1 is 0.722 bits per heavy atom. The zero-order valence-corrected chi connectivity index (χ0v) is 22.5. The molecule has 0 aliphatic carbocycles. The first kappa shape index (κ1) is 27.7. The van der Waals surface area contributed by atoms with E-state index >= 15 is 0 Å². The summed E-state index contributed by atoms with van der Waals surface area (Å²) < 4.78 is 0. The third-order valence-corrected chi connectivity index (χ3v) is 6.82. The van der Waals surface area contributed by atoms with Crippen LogP contribution in [0.1, 0.15) is 103 Å². The van der Waals surface area contributed by atoms with Crippen LogP contribution in [0.15, 0.2) is 36.7 Å². The van der Waals surface area contributed by atoms with E-state index in [1.54, 1.807) is 6.33 Å². The highest BCUT2D eigenvalue weighted by Crippen LogP contribution is 2.29. The number of nitrogens with one attached hydrogen (secondary N) is 2. The van der Waals surface area contributed by atoms with Crippen LogP contribution in [0.5, 0.6) is 0 Å². The lowest BCUT2D eigenvalue weighted by Crippen LogP contribution is -2.09. The molecule has 0 amide bonds. The number of aromatic nitrogens is 3. The smallest absolute Gasteiger partial charge is 0.159 e. The number of fused-ring (bicyclic) bond motifs is 1. The van der Waals surface area contributed by atoms with E-state index in [9.17, 15) is 0 Å². The molecule has 2 aromatic heterocycles. The molecule has 6 heteroatoms. The van der Waals surface area contributed by atoms with Gasteiger partial charge in [-0.25, -0.2) is 9.97 Å². The highest BCUT2D eigenvalue weighted by Gasteiger charge is 2.10. The molecule has 1 aromatic carbocycles. The third kappa shape index (κ3) is 9.29. The van der Waals surface area contributed by atoms with E-state index in [1.807, 2.05) is 25.1 Å². The van der Waals surface area contributed by atoms with Gasteiger partial charge in [-0.15, -0.1) is 0 Å². The zero-order valence-electron chi connectivity index (χ0n) is 22.5. The fraction of sp³-hybridized carbons (Fsp3) is 0.567. The standard InChI is InChI=1S/C30H46N6/c1-3-4-5-6-7-8-9-10-11-12-13-14-15-16-22-32-29-27(31)30(34-23-33-29)36-26-19-17-18-25-21-20-24(2)35-28(25)26/h17-21,23H,3-16,22,31H2,1-2H3,(H2,32,33,34,36). The van der Waals surface area contributed by atoms with Crippen molar-refractivity contribution < 1.29 is 0 Å². The van der Waals surface area contributed by atoms with Crippen LogP contribution in [0.2, 0.25) is 0 Å². The Morgan fingerprint density at radius 3 is 2.00 bits per heavy atom. The number of benzene rings is 1. The number of nitrogen functional groups attached to an aromatic ring is 1. The molecule has 0 unspecified atom stereocenters. The maximum atomic E-state index is 6.40. The van der Waals surface area contributed by atoms with Crippen molar-refractivity contribution in [2.24, 2.45) is 0 Å². The Hall–Kier alpha value is -2.89. The van der Waals surface area contributed by atoms with Gasteiger partial charge in [0.15, 0.2) is 11.6 Å². The monoisotopic (exact) mass is 490 g/mol. The summed E-state index contributed by atoms with van der Waals surface area (Å²) in [7, 11) is 0. The molecule has 4 N–H and O–H groups in total. The van der Waals surface area contributed by atoms with Gasteiger partial charge >= 0.3 is 0 Å². The average molecular weight is 491 g/mol. The zero-order chi connectivity index (χ0) is 25.4. The number of nitrogens with zero attached hydrogens (tertiary/aromatic N) is 3. The highest BCUT2D eigenvalue weighted by molar-refractivity contribution is 5.93. The SMILES string of the molecule is CCCCCCCCCCCCCCCCNc1ncnc(Nc2cccc3ccc(C)nc23)c1N. The first-order valence-electron chi connectivity index (χ1n) is 14.2. The quantitative estimate of drug-likeness (QED) is 0.155. The summed E-state index contributed by atoms with van der Waals surface area (Å²) in [5.41, 5.74) is 9.70. The van der Waals surface area contributed by atoms with Crippen molar-refractivity contribution in [2.75, 3.05) is 22.9 Å².